The summed E-state index contributed by atoms with van der Waals surface area (Å²) in [5, 5.41) is 8.84. The van der Waals surface area contributed by atoms with Gasteiger partial charge in [0.25, 0.3) is 5.91 Å². The summed E-state index contributed by atoms with van der Waals surface area (Å²) in [6, 6.07) is 9.45. The highest BCUT2D eigenvalue weighted by Crippen LogP contribution is 2.26. The summed E-state index contributed by atoms with van der Waals surface area (Å²) in [5.74, 6) is 0.987. The maximum Gasteiger partial charge on any atom is 0.271 e. The molecule has 0 spiro atoms. The van der Waals surface area contributed by atoms with Crippen molar-refractivity contribution in [1.82, 2.24) is 15.6 Å². The number of carbonyl (C=O) groups excluding carboxylic acids is 2. The number of nitrogens with zero attached hydrogens (tertiary/aromatic N) is 1. The van der Waals surface area contributed by atoms with Gasteiger partial charge in [-0.3, -0.25) is 9.59 Å². The minimum atomic E-state index is -0.190. The number of amides is 2. The molecule has 0 bridgehead atoms. The lowest BCUT2D eigenvalue weighted by Gasteiger charge is -2.33. The zero-order valence-electron chi connectivity index (χ0n) is 20.2. The van der Waals surface area contributed by atoms with E-state index in [1.807, 2.05) is 30.3 Å². The molecule has 3 rings (SSSR count). The zero-order valence-corrected chi connectivity index (χ0v) is 21.0. The van der Waals surface area contributed by atoms with Crippen LogP contribution in [0.4, 0.5) is 0 Å². The van der Waals surface area contributed by atoms with E-state index in [-0.39, 0.29) is 29.3 Å². The van der Waals surface area contributed by atoms with E-state index in [0.717, 1.165) is 42.9 Å². The van der Waals surface area contributed by atoms with Crippen molar-refractivity contribution < 1.29 is 14.3 Å². The number of hydrogen-bond donors (Lipinski definition) is 2. The summed E-state index contributed by atoms with van der Waals surface area (Å²) in [4.78, 5) is 29.9. The minimum absolute atomic E-state index is 0.0310. The molecule has 1 aromatic heterocycles. The van der Waals surface area contributed by atoms with Crippen molar-refractivity contribution in [3.63, 3.8) is 0 Å². The fourth-order valence-corrected chi connectivity index (χ4v) is 5.25. The molecule has 180 valence electrons. The van der Waals surface area contributed by atoms with Crippen molar-refractivity contribution in [2.75, 3.05) is 0 Å². The van der Waals surface area contributed by atoms with Crippen molar-refractivity contribution in [3.05, 3.63) is 46.4 Å². The normalized spacial score (nSPS) is 19.5. The fraction of sp³-hybridized carbons (Fsp3) is 0.577. The Morgan fingerprint density at radius 1 is 1.12 bits per heavy atom. The SMILES string of the molecule is CC(CC(=O)NC1CCCCC1NC(=O)c1csc(COc2ccccc2)n1)CC(C)(C)C. The van der Waals surface area contributed by atoms with Crippen molar-refractivity contribution in [2.45, 2.75) is 84.9 Å². The van der Waals surface area contributed by atoms with Crippen molar-refractivity contribution in [1.29, 1.82) is 0 Å². The van der Waals surface area contributed by atoms with Gasteiger partial charge in [-0.1, -0.05) is 58.7 Å². The molecule has 1 aliphatic rings. The average molecular weight is 472 g/mol. The quantitative estimate of drug-likeness (QED) is 0.517. The summed E-state index contributed by atoms with van der Waals surface area (Å²) in [5.41, 5.74) is 0.612. The minimum Gasteiger partial charge on any atom is -0.486 e. The molecular formula is C26H37N3O3S. The maximum absolute atomic E-state index is 12.8. The number of nitrogens with one attached hydrogen (secondary N) is 2. The third-order valence-electron chi connectivity index (χ3n) is 5.81. The zero-order chi connectivity index (χ0) is 23.8. The average Bonchev–Trinajstić information content (AvgIpc) is 3.22. The molecule has 2 aromatic rings. The van der Waals surface area contributed by atoms with E-state index in [2.05, 4.69) is 43.3 Å². The smallest absolute Gasteiger partial charge is 0.271 e. The first kappa shape index (κ1) is 25.2. The van der Waals surface area contributed by atoms with Crippen molar-refractivity contribution in [3.8, 4) is 5.75 Å². The first-order valence-electron chi connectivity index (χ1n) is 11.9. The predicted molar refractivity (Wildman–Crippen MR) is 132 cm³/mol. The molecule has 7 heteroatoms. The van der Waals surface area contributed by atoms with E-state index >= 15 is 0 Å². The van der Waals surface area contributed by atoms with Gasteiger partial charge in [0.15, 0.2) is 0 Å². The highest BCUT2D eigenvalue weighted by molar-refractivity contribution is 7.09. The highest BCUT2D eigenvalue weighted by atomic mass is 32.1. The summed E-state index contributed by atoms with van der Waals surface area (Å²) in [6.45, 7) is 9.06. The number of ether oxygens (including phenoxy) is 1. The van der Waals surface area contributed by atoms with E-state index in [1.165, 1.54) is 11.3 Å². The van der Waals surface area contributed by atoms with Crippen LogP contribution in [-0.4, -0.2) is 28.9 Å². The van der Waals surface area contributed by atoms with Gasteiger partial charge in [0.05, 0.1) is 0 Å². The van der Waals surface area contributed by atoms with Crippen molar-refractivity contribution >= 4 is 23.2 Å². The molecule has 1 saturated carbocycles. The molecule has 1 aromatic carbocycles. The summed E-state index contributed by atoms with van der Waals surface area (Å²) >= 11 is 1.42. The third-order valence-corrected chi connectivity index (χ3v) is 6.64. The molecule has 33 heavy (non-hydrogen) atoms. The Labute approximate surface area is 201 Å². The summed E-state index contributed by atoms with van der Waals surface area (Å²) in [7, 11) is 0. The second kappa shape index (κ2) is 11.6. The summed E-state index contributed by atoms with van der Waals surface area (Å²) < 4.78 is 5.73. The lowest BCUT2D eigenvalue weighted by molar-refractivity contribution is -0.123. The number of carbonyl (C=O) groups is 2. The van der Waals surface area contributed by atoms with Gasteiger partial charge in [-0.2, -0.15) is 0 Å². The van der Waals surface area contributed by atoms with Crippen LogP contribution in [0.2, 0.25) is 0 Å². The third kappa shape index (κ3) is 8.46. The topological polar surface area (TPSA) is 80.3 Å². The fourth-order valence-electron chi connectivity index (χ4n) is 4.56. The van der Waals surface area contributed by atoms with Gasteiger partial charge in [-0.15, -0.1) is 11.3 Å². The van der Waals surface area contributed by atoms with Crippen LogP contribution in [0.15, 0.2) is 35.7 Å². The van der Waals surface area contributed by atoms with Gasteiger partial charge in [0.1, 0.15) is 23.1 Å². The van der Waals surface area contributed by atoms with Gasteiger partial charge in [0, 0.05) is 23.9 Å². The Morgan fingerprint density at radius 2 is 1.79 bits per heavy atom. The Hall–Kier alpha value is -2.41. The highest BCUT2D eigenvalue weighted by Gasteiger charge is 2.29. The molecule has 0 radical (unpaired) electrons. The molecule has 1 heterocycles. The van der Waals surface area contributed by atoms with Crippen LogP contribution < -0.4 is 15.4 Å². The van der Waals surface area contributed by atoms with Crippen LogP contribution in [0.25, 0.3) is 0 Å². The molecule has 1 fully saturated rings. The Bertz CT molecular complexity index is 907. The number of benzene rings is 1. The molecule has 2 N–H and O–H groups in total. The maximum atomic E-state index is 12.8. The van der Waals surface area contributed by atoms with Gasteiger partial charge >= 0.3 is 0 Å². The van der Waals surface area contributed by atoms with Crippen LogP contribution in [-0.2, 0) is 11.4 Å². The van der Waals surface area contributed by atoms with Gasteiger partial charge in [0.2, 0.25) is 5.91 Å². The lowest BCUT2D eigenvalue weighted by Crippen LogP contribution is -2.53. The second-order valence-electron chi connectivity index (χ2n) is 10.3. The first-order valence-corrected chi connectivity index (χ1v) is 12.8. The number of aromatic nitrogens is 1. The molecular weight excluding hydrogens is 434 g/mol. The van der Waals surface area contributed by atoms with E-state index in [0.29, 0.717) is 24.6 Å². The Balaban J connectivity index is 1.51. The number of thiazole rings is 1. The van der Waals surface area contributed by atoms with E-state index in [1.54, 1.807) is 5.38 Å². The van der Waals surface area contributed by atoms with Gasteiger partial charge < -0.3 is 15.4 Å². The van der Waals surface area contributed by atoms with Crippen LogP contribution in [0.1, 0.15) is 81.7 Å². The Kier molecular flexibility index (Phi) is 8.89. The van der Waals surface area contributed by atoms with Crippen LogP contribution in [0.3, 0.4) is 0 Å². The van der Waals surface area contributed by atoms with E-state index in [9.17, 15) is 9.59 Å². The summed E-state index contributed by atoms with van der Waals surface area (Å²) in [6.07, 6.45) is 5.38. The van der Waals surface area contributed by atoms with Crippen LogP contribution >= 0.6 is 11.3 Å². The molecule has 2 amide bonds. The van der Waals surface area contributed by atoms with Crippen LogP contribution in [0, 0.1) is 11.3 Å². The lowest BCUT2D eigenvalue weighted by atomic mass is 9.84. The molecule has 0 saturated heterocycles. The molecule has 3 unspecified atom stereocenters. The van der Waals surface area contributed by atoms with Gasteiger partial charge in [-0.05, 0) is 42.7 Å². The van der Waals surface area contributed by atoms with Crippen molar-refractivity contribution in [2.24, 2.45) is 11.3 Å². The molecule has 1 aliphatic carbocycles. The largest absolute Gasteiger partial charge is 0.486 e. The number of para-hydroxylation sites is 1. The molecule has 0 aliphatic heterocycles. The molecule has 3 atom stereocenters. The second-order valence-corrected chi connectivity index (χ2v) is 11.3. The first-order chi connectivity index (χ1) is 15.7. The monoisotopic (exact) mass is 471 g/mol. The Morgan fingerprint density at radius 3 is 2.45 bits per heavy atom. The van der Waals surface area contributed by atoms with Crippen LogP contribution in [0.5, 0.6) is 5.75 Å². The number of rotatable bonds is 9. The van der Waals surface area contributed by atoms with E-state index < -0.39 is 0 Å². The van der Waals surface area contributed by atoms with Gasteiger partial charge in [-0.25, -0.2) is 4.98 Å². The molecule has 6 nitrogen and oxygen atoms in total. The predicted octanol–water partition coefficient (Wildman–Crippen LogP) is 5.34. The number of hydrogen-bond acceptors (Lipinski definition) is 5. The van der Waals surface area contributed by atoms with E-state index in [4.69, 9.17) is 4.74 Å². The standard InChI is InChI=1S/C26H37N3O3S/c1-18(15-26(2,3)4)14-23(30)27-20-12-8-9-13-21(20)29-25(31)22-17-33-24(28-22)16-32-19-10-6-5-7-11-19/h5-7,10-11,17-18,20-21H,8-9,12-16H2,1-4H3,(H,27,30)(H,29,31).